The van der Waals surface area contributed by atoms with Crippen LogP contribution < -0.4 is 20.7 Å². The van der Waals surface area contributed by atoms with Crippen LogP contribution in [-0.4, -0.2) is 26.9 Å². The average Bonchev–Trinajstić information content (AvgIpc) is 2.77. The Morgan fingerprint density at radius 1 is 0.781 bits per heavy atom. The summed E-state index contributed by atoms with van der Waals surface area (Å²) >= 11 is 0. The van der Waals surface area contributed by atoms with Crippen LogP contribution in [0.25, 0.3) is 0 Å². The van der Waals surface area contributed by atoms with Crippen LogP contribution in [0, 0.1) is 6.92 Å². The number of carbonyl (C=O) groups is 2. The van der Waals surface area contributed by atoms with E-state index in [0.29, 0.717) is 17.1 Å². The van der Waals surface area contributed by atoms with Crippen molar-refractivity contribution in [2.45, 2.75) is 18.2 Å². The Labute approximate surface area is 187 Å². The molecule has 0 spiro atoms. The second kappa shape index (κ2) is 10.6. The first kappa shape index (κ1) is 23.0. The number of para-hydroxylation sites is 1. The molecule has 0 atom stereocenters. The zero-order valence-corrected chi connectivity index (χ0v) is 18.3. The third-order valence-electron chi connectivity index (χ3n) is 4.50. The first-order valence-electron chi connectivity index (χ1n) is 9.92. The molecule has 166 valence electrons. The zero-order chi connectivity index (χ0) is 23.0. The molecule has 32 heavy (non-hydrogen) atoms. The minimum Gasteiger partial charge on any atom is -0.326 e. The van der Waals surface area contributed by atoms with Crippen LogP contribution in [-0.2, 0) is 14.8 Å². The first-order valence-corrected chi connectivity index (χ1v) is 11.4. The van der Waals surface area contributed by atoms with Crippen molar-refractivity contribution in [3.63, 3.8) is 0 Å². The highest BCUT2D eigenvalue weighted by atomic mass is 32.2. The lowest BCUT2D eigenvalue weighted by Crippen LogP contribution is -2.28. The van der Waals surface area contributed by atoms with Gasteiger partial charge in [-0.25, -0.2) is 17.9 Å². The predicted molar refractivity (Wildman–Crippen MR) is 125 cm³/mol. The van der Waals surface area contributed by atoms with Gasteiger partial charge < -0.3 is 16.0 Å². The molecule has 0 heterocycles. The largest absolute Gasteiger partial charge is 0.326 e. The Bertz CT molecular complexity index is 1180. The Kier molecular flexibility index (Phi) is 7.58. The molecule has 4 N–H and O–H groups in total. The number of sulfonamides is 1. The summed E-state index contributed by atoms with van der Waals surface area (Å²) in [6.45, 7) is 1.78. The van der Waals surface area contributed by atoms with E-state index in [9.17, 15) is 18.0 Å². The van der Waals surface area contributed by atoms with Gasteiger partial charge in [-0.1, -0.05) is 42.5 Å². The van der Waals surface area contributed by atoms with Crippen LogP contribution >= 0.6 is 0 Å². The summed E-state index contributed by atoms with van der Waals surface area (Å²) < 4.78 is 26.8. The van der Waals surface area contributed by atoms with Crippen molar-refractivity contribution in [2.24, 2.45) is 0 Å². The van der Waals surface area contributed by atoms with E-state index < -0.39 is 16.1 Å². The van der Waals surface area contributed by atoms with Gasteiger partial charge in [-0.2, -0.15) is 0 Å². The molecule has 3 amide bonds. The fourth-order valence-electron chi connectivity index (χ4n) is 2.84. The Morgan fingerprint density at radius 3 is 2.09 bits per heavy atom. The molecule has 9 heteroatoms. The SMILES string of the molecule is Cc1ccc(NC(=O)Nc2ccccc2)cc1NC(=O)CCNS(=O)(=O)c1ccccc1. The molecule has 3 rings (SSSR count). The number of hydrogen-bond acceptors (Lipinski definition) is 4. The van der Waals surface area contributed by atoms with Crippen LogP contribution in [0.2, 0.25) is 0 Å². The summed E-state index contributed by atoms with van der Waals surface area (Å²) in [6.07, 6.45) is -0.0440. The lowest BCUT2D eigenvalue weighted by molar-refractivity contribution is -0.116. The molecule has 0 unspecified atom stereocenters. The van der Waals surface area contributed by atoms with E-state index in [-0.39, 0.29) is 23.8 Å². The number of hydrogen-bond donors (Lipinski definition) is 4. The van der Waals surface area contributed by atoms with Gasteiger partial charge >= 0.3 is 6.03 Å². The smallest absolute Gasteiger partial charge is 0.323 e. The van der Waals surface area contributed by atoms with Crippen LogP contribution in [0.5, 0.6) is 0 Å². The molecule has 0 saturated heterocycles. The number of urea groups is 1. The molecule has 3 aromatic rings. The van der Waals surface area contributed by atoms with E-state index in [1.165, 1.54) is 12.1 Å². The monoisotopic (exact) mass is 452 g/mol. The maximum atomic E-state index is 12.3. The molecule has 0 saturated carbocycles. The van der Waals surface area contributed by atoms with E-state index >= 15 is 0 Å². The molecule has 0 radical (unpaired) electrons. The van der Waals surface area contributed by atoms with Gasteiger partial charge in [0.25, 0.3) is 0 Å². The van der Waals surface area contributed by atoms with Crippen molar-refractivity contribution in [1.29, 1.82) is 0 Å². The number of carbonyl (C=O) groups excluding carboxylic acids is 2. The molecule has 8 nitrogen and oxygen atoms in total. The molecule has 3 aromatic carbocycles. The molecular weight excluding hydrogens is 428 g/mol. The number of rotatable bonds is 8. The average molecular weight is 453 g/mol. The van der Waals surface area contributed by atoms with Gasteiger partial charge in [0.15, 0.2) is 0 Å². The molecule has 0 aliphatic heterocycles. The van der Waals surface area contributed by atoms with E-state index in [1.54, 1.807) is 48.5 Å². The second-order valence-electron chi connectivity index (χ2n) is 6.98. The summed E-state index contributed by atoms with van der Waals surface area (Å²) in [5.41, 5.74) is 2.49. The summed E-state index contributed by atoms with van der Waals surface area (Å²) in [5.74, 6) is -0.352. The number of nitrogens with one attached hydrogen (secondary N) is 4. The summed E-state index contributed by atoms with van der Waals surface area (Å²) in [4.78, 5) is 24.6. The van der Waals surface area contributed by atoms with Crippen LogP contribution in [0.1, 0.15) is 12.0 Å². The van der Waals surface area contributed by atoms with Crippen molar-refractivity contribution < 1.29 is 18.0 Å². The number of amides is 3. The Morgan fingerprint density at radius 2 is 1.41 bits per heavy atom. The van der Waals surface area contributed by atoms with Crippen LogP contribution in [0.3, 0.4) is 0 Å². The molecule has 0 aliphatic carbocycles. The lowest BCUT2D eigenvalue weighted by Gasteiger charge is -2.12. The topological polar surface area (TPSA) is 116 Å². The van der Waals surface area contributed by atoms with E-state index in [0.717, 1.165) is 5.56 Å². The van der Waals surface area contributed by atoms with E-state index in [1.807, 2.05) is 25.1 Å². The number of benzene rings is 3. The fraction of sp³-hybridized carbons (Fsp3) is 0.130. The van der Waals surface area contributed by atoms with Gasteiger partial charge in [-0.05, 0) is 48.9 Å². The van der Waals surface area contributed by atoms with Crippen molar-refractivity contribution >= 4 is 39.0 Å². The number of anilines is 3. The standard InChI is InChI=1S/C23H24N4O4S/c1-17-12-13-19(26-23(29)25-18-8-4-2-5-9-18)16-21(17)27-22(28)14-15-24-32(30,31)20-10-6-3-7-11-20/h2-13,16,24H,14-15H2,1H3,(H,27,28)(H2,25,26,29). The highest BCUT2D eigenvalue weighted by Crippen LogP contribution is 2.21. The fourth-order valence-corrected chi connectivity index (χ4v) is 3.90. The second-order valence-corrected chi connectivity index (χ2v) is 8.75. The zero-order valence-electron chi connectivity index (χ0n) is 17.5. The van der Waals surface area contributed by atoms with E-state index in [4.69, 9.17) is 0 Å². The van der Waals surface area contributed by atoms with Gasteiger partial charge in [0.05, 0.1) is 4.90 Å². The third kappa shape index (κ3) is 6.66. The van der Waals surface area contributed by atoms with Gasteiger partial charge in [0, 0.05) is 30.0 Å². The van der Waals surface area contributed by atoms with Crippen LogP contribution in [0.15, 0.2) is 83.8 Å². The van der Waals surface area contributed by atoms with Gasteiger partial charge in [0.2, 0.25) is 15.9 Å². The van der Waals surface area contributed by atoms with Crippen molar-refractivity contribution in [3.8, 4) is 0 Å². The Hall–Kier alpha value is -3.69. The number of aryl methyl sites for hydroxylation is 1. The maximum absolute atomic E-state index is 12.3. The first-order chi connectivity index (χ1) is 15.3. The molecule has 0 aromatic heterocycles. The summed E-state index contributed by atoms with van der Waals surface area (Å²) in [6, 6.07) is 21.7. The van der Waals surface area contributed by atoms with Gasteiger partial charge in [-0.15, -0.1) is 0 Å². The summed E-state index contributed by atoms with van der Waals surface area (Å²) in [7, 11) is -3.67. The van der Waals surface area contributed by atoms with Gasteiger partial charge in [-0.3, -0.25) is 4.79 Å². The molecular formula is C23H24N4O4S. The highest BCUT2D eigenvalue weighted by molar-refractivity contribution is 7.89. The molecule has 0 aliphatic rings. The van der Waals surface area contributed by atoms with Crippen molar-refractivity contribution in [3.05, 3.63) is 84.4 Å². The van der Waals surface area contributed by atoms with Crippen molar-refractivity contribution in [1.82, 2.24) is 4.72 Å². The minimum atomic E-state index is -3.67. The highest BCUT2D eigenvalue weighted by Gasteiger charge is 2.14. The van der Waals surface area contributed by atoms with E-state index in [2.05, 4.69) is 20.7 Å². The van der Waals surface area contributed by atoms with Gasteiger partial charge in [0.1, 0.15) is 0 Å². The quantitative estimate of drug-likeness (QED) is 0.414. The predicted octanol–water partition coefficient (Wildman–Crippen LogP) is 3.95. The maximum Gasteiger partial charge on any atom is 0.323 e. The van der Waals surface area contributed by atoms with Crippen LogP contribution in [0.4, 0.5) is 21.9 Å². The lowest BCUT2D eigenvalue weighted by atomic mass is 10.1. The minimum absolute atomic E-state index is 0.0421. The third-order valence-corrected chi connectivity index (χ3v) is 5.98. The van der Waals surface area contributed by atoms with Crippen molar-refractivity contribution in [2.75, 3.05) is 22.5 Å². The molecule has 0 fully saturated rings. The Balaban J connectivity index is 1.54. The normalized spacial score (nSPS) is 10.9. The summed E-state index contributed by atoms with van der Waals surface area (Å²) in [5, 5.41) is 8.19. The molecule has 0 bridgehead atoms.